The Bertz CT molecular complexity index is 562. The first-order chi connectivity index (χ1) is 9.43. The zero-order chi connectivity index (χ0) is 15.1. The van der Waals surface area contributed by atoms with E-state index < -0.39 is 5.91 Å². The lowest BCUT2D eigenvalue weighted by molar-refractivity contribution is -0.117. The molecule has 0 saturated carbocycles. The second kappa shape index (κ2) is 7.78. The first kappa shape index (κ1) is 16.4. The Kier molecular flexibility index (Phi) is 6.37. The van der Waals surface area contributed by atoms with Gasteiger partial charge in [0.2, 0.25) is 0 Å². The molecule has 1 rings (SSSR count). The Morgan fingerprint density at radius 3 is 2.75 bits per heavy atom. The van der Waals surface area contributed by atoms with E-state index in [1.54, 1.807) is 18.2 Å². The SMILES string of the molecule is CC(C)CNC(=O)/C(C#N)=C\Nc1cc(Cl)ccc1Cl. The Labute approximate surface area is 128 Å². The van der Waals surface area contributed by atoms with E-state index in [1.165, 1.54) is 6.20 Å². The molecule has 0 heterocycles. The van der Waals surface area contributed by atoms with Gasteiger partial charge >= 0.3 is 0 Å². The third-order valence-corrected chi connectivity index (χ3v) is 2.90. The molecule has 0 bridgehead atoms. The molecule has 106 valence electrons. The van der Waals surface area contributed by atoms with Crippen molar-refractivity contribution in [1.29, 1.82) is 5.26 Å². The van der Waals surface area contributed by atoms with Gasteiger partial charge < -0.3 is 10.6 Å². The first-order valence-corrected chi connectivity index (χ1v) is 6.79. The third-order valence-electron chi connectivity index (χ3n) is 2.34. The summed E-state index contributed by atoms with van der Waals surface area (Å²) in [6.07, 6.45) is 1.31. The maximum atomic E-state index is 11.8. The van der Waals surface area contributed by atoms with Crippen LogP contribution in [0.5, 0.6) is 0 Å². The molecule has 4 nitrogen and oxygen atoms in total. The maximum absolute atomic E-state index is 11.8. The van der Waals surface area contributed by atoms with Crippen LogP contribution in [0.25, 0.3) is 0 Å². The fourth-order valence-electron chi connectivity index (χ4n) is 1.30. The van der Waals surface area contributed by atoms with Crippen LogP contribution in [0.1, 0.15) is 13.8 Å². The standard InChI is InChI=1S/C14H15Cl2N3O/c1-9(2)7-19-14(20)10(6-17)8-18-13-5-11(15)3-4-12(13)16/h3-5,8-9,18H,7H2,1-2H3,(H,19,20)/b10-8-. The molecule has 0 atom stereocenters. The number of nitrogens with zero attached hydrogens (tertiary/aromatic N) is 1. The van der Waals surface area contributed by atoms with Crippen molar-refractivity contribution >= 4 is 34.8 Å². The summed E-state index contributed by atoms with van der Waals surface area (Å²) >= 11 is 11.8. The molecule has 0 unspecified atom stereocenters. The molecule has 1 aromatic rings. The third kappa shape index (κ3) is 5.12. The van der Waals surface area contributed by atoms with E-state index in [-0.39, 0.29) is 5.57 Å². The van der Waals surface area contributed by atoms with E-state index in [4.69, 9.17) is 28.5 Å². The lowest BCUT2D eigenvalue weighted by Gasteiger charge is -2.08. The summed E-state index contributed by atoms with van der Waals surface area (Å²) < 4.78 is 0. The zero-order valence-corrected chi connectivity index (χ0v) is 12.7. The highest BCUT2D eigenvalue weighted by molar-refractivity contribution is 6.35. The van der Waals surface area contributed by atoms with Crippen molar-refractivity contribution in [1.82, 2.24) is 5.32 Å². The monoisotopic (exact) mass is 311 g/mol. The summed E-state index contributed by atoms with van der Waals surface area (Å²) in [5.41, 5.74) is 0.505. The number of amides is 1. The summed E-state index contributed by atoms with van der Waals surface area (Å²) in [5.74, 6) is -0.110. The van der Waals surface area contributed by atoms with Gasteiger partial charge in [0.25, 0.3) is 5.91 Å². The van der Waals surface area contributed by atoms with Crippen molar-refractivity contribution < 1.29 is 4.79 Å². The second-order valence-corrected chi connectivity index (χ2v) is 5.39. The summed E-state index contributed by atoms with van der Waals surface area (Å²) in [6, 6.07) is 6.73. The highest BCUT2D eigenvalue weighted by Gasteiger charge is 2.09. The molecular formula is C14H15Cl2N3O. The van der Waals surface area contributed by atoms with Crippen molar-refractivity contribution in [2.45, 2.75) is 13.8 Å². The summed E-state index contributed by atoms with van der Waals surface area (Å²) in [7, 11) is 0. The van der Waals surface area contributed by atoms with Crippen LogP contribution in [0.3, 0.4) is 0 Å². The number of rotatable bonds is 5. The molecule has 0 fully saturated rings. The second-order valence-electron chi connectivity index (χ2n) is 4.54. The van der Waals surface area contributed by atoms with E-state index in [2.05, 4.69) is 10.6 Å². The maximum Gasteiger partial charge on any atom is 0.263 e. The minimum Gasteiger partial charge on any atom is -0.359 e. The van der Waals surface area contributed by atoms with Gasteiger partial charge in [-0.1, -0.05) is 37.0 Å². The Hall–Kier alpha value is -1.70. The minimum absolute atomic E-state index is 0.0262. The smallest absolute Gasteiger partial charge is 0.263 e. The highest BCUT2D eigenvalue weighted by atomic mass is 35.5. The van der Waals surface area contributed by atoms with Crippen LogP contribution in [0, 0.1) is 17.2 Å². The van der Waals surface area contributed by atoms with Crippen LogP contribution in [0.4, 0.5) is 5.69 Å². The molecule has 2 N–H and O–H groups in total. The molecule has 0 aliphatic carbocycles. The van der Waals surface area contributed by atoms with Gasteiger partial charge in [0, 0.05) is 17.8 Å². The van der Waals surface area contributed by atoms with Crippen LogP contribution in [0.15, 0.2) is 30.0 Å². The molecule has 0 saturated heterocycles. The number of hydrogen-bond acceptors (Lipinski definition) is 3. The lowest BCUT2D eigenvalue weighted by atomic mass is 10.2. The normalized spacial score (nSPS) is 11.1. The fraction of sp³-hybridized carbons (Fsp3) is 0.286. The molecule has 1 amide bonds. The van der Waals surface area contributed by atoms with Crippen molar-refractivity contribution in [3.8, 4) is 6.07 Å². The van der Waals surface area contributed by atoms with Crippen molar-refractivity contribution in [3.05, 3.63) is 40.0 Å². The molecule has 0 spiro atoms. The van der Waals surface area contributed by atoms with Crippen LogP contribution in [0.2, 0.25) is 10.0 Å². The Balaban J connectivity index is 2.78. The van der Waals surface area contributed by atoms with Gasteiger partial charge in [0.05, 0.1) is 10.7 Å². The van der Waals surface area contributed by atoms with Gasteiger partial charge in [0.15, 0.2) is 0 Å². The Morgan fingerprint density at radius 2 is 2.15 bits per heavy atom. The number of anilines is 1. The van der Waals surface area contributed by atoms with Gasteiger partial charge in [-0.2, -0.15) is 5.26 Å². The van der Waals surface area contributed by atoms with Gasteiger partial charge in [-0.25, -0.2) is 0 Å². The molecule has 6 heteroatoms. The van der Waals surface area contributed by atoms with E-state index in [0.29, 0.717) is 28.2 Å². The summed E-state index contributed by atoms with van der Waals surface area (Å²) in [4.78, 5) is 11.8. The molecule has 0 aliphatic heterocycles. The molecule has 0 radical (unpaired) electrons. The van der Waals surface area contributed by atoms with E-state index in [9.17, 15) is 4.79 Å². The predicted octanol–water partition coefficient (Wildman–Crippen LogP) is 3.58. The number of nitrogens with one attached hydrogen (secondary N) is 2. The molecule has 0 aliphatic rings. The fourth-order valence-corrected chi connectivity index (χ4v) is 1.64. The van der Waals surface area contributed by atoms with Gasteiger partial charge in [-0.3, -0.25) is 4.79 Å². The van der Waals surface area contributed by atoms with E-state index in [1.807, 2.05) is 19.9 Å². The predicted molar refractivity (Wildman–Crippen MR) is 81.6 cm³/mol. The quantitative estimate of drug-likeness (QED) is 0.645. The summed E-state index contributed by atoms with van der Waals surface area (Å²) in [6.45, 7) is 4.45. The average Bonchev–Trinajstić information content (AvgIpc) is 2.40. The zero-order valence-electron chi connectivity index (χ0n) is 11.2. The molecule has 1 aromatic carbocycles. The number of carbonyl (C=O) groups excluding carboxylic acids is 1. The largest absolute Gasteiger partial charge is 0.359 e. The molecular weight excluding hydrogens is 297 g/mol. The number of nitriles is 1. The van der Waals surface area contributed by atoms with Crippen molar-refractivity contribution in [2.75, 3.05) is 11.9 Å². The number of benzene rings is 1. The number of hydrogen-bond donors (Lipinski definition) is 2. The topological polar surface area (TPSA) is 64.9 Å². The summed E-state index contributed by atoms with van der Waals surface area (Å²) in [5, 5.41) is 15.4. The number of carbonyl (C=O) groups is 1. The molecule has 20 heavy (non-hydrogen) atoms. The van der Waals surface area contributed by atoms with Crippen LogP contribution >= 0.6 is 23.2 Å². The van der Waals surface area contributed by atoms with Crippen molar-refractivity contribution in [3.63, 3.8) is 0 Å². The van der Waals surface area contributed by atoms with Crippen molar-refractivity contribution in [2.24, 2.45) is 5.92 Å². The molecule has 0 aromatic heterocycles. The lowest BCUT2D eigenvalue weighted by Crippen LogP contribution is -2.28. The van der Waals surface area contributed by atoms with E-state index >= 15 is 0 Å². The van der Waals surface area contributed by atoms with Gasteiger partial charge in [-0.05, 0) is 24.1 Å². The first-order valence-electron chi connectivity index (χ1n) is 6.04. The van der Waals surface area contributed by atoms with E-state index in [0.717, 1.165) is 0 Å². The van der Waals surface area contributed by atoms with Crippen LogP contribution in [-0.4, -0.2) is 12.5 Å². The number of halogens is 2. The Morgan fingerprint density at radius 1 is 1.45 bits per heavy atom. The van der Waals surface area contributed by atoms with Gasteiger partial charge in [0.1, 0.15) is 11.6 Å². The van der Waals surface area contributed by atoms with Crippen LogP contribution in [-0.2, 0) is 4.79 Å². The van der Waals surface area contributed by atoms with Crippen LogP contribution < -0.4 is 10.6 Å². The average molecular weight is 312 g/mol. The highest BCUT2D eigenvalue weighted by Crippen LogP contribution is 2.25. The minimum atomic E-state index is -0.424. The van der Waals surface area contributed by atoms with Gasteiger partial charge in [-0.15, -0.1) is 0 Å².